The van der Waals surface area contributed by atoms with E-state index in [0.717, 1.165) is 24.8 Å². The van der Waals surface area contributed by atoms with Crippen LogP contribution in [0.15, 0.2) is 0 Å². The molecule has 1 saturated carbocycles. The molecule has 1 aromatic rings. The molecule has 0 bridgehead atoms. The molecular formula is C16H27N3. The zero-order valence-electron chi connectivity index (χ0n) is 12.8. The molecule has 1 aromatic heterocycles. The maximum absolute atomic E-state index is 4.70. The molecule has 0 aliphatic heterocycles. The quantitative estimate of drug-likeness (QED) is 0.818. The smallest absolute Gasteiger partial charge is 0.128 e. The van der Waals surface area contributed by atoms with E-state index in [4.69, 9.17) is 9.97 Å². The van der Waals surface area contributed by atoms with Gasteiger partial charge in [-0.3, -0.25) is 0 Å². The molecule has 1 N–H and O–H groups in total. The fourth-order valence-electron chi connectivity index (χ4n) is 2.69. The molecule has 0 spiro atoms. The van der Waals surface area contributed by atoms with E-state index in [-0.39, 0.29) is 0 Å². The third-order valence-electron chi connectivity index (χ3n) is 3.91. The maximum Gasteiger partial charge on any atom is 0.128 e. The highest BCUT2D eigenvalue weighted by molar-refractivity contribution is 5.28. The molecule has 1 unspecified atom stereocenters. The Hall–Kier alpha value is -0.960. The monoisotopic (exact) mass is 261 g/mol. The van der Waals surface area contributed by atoms with Gasteiger partial charge in [0, 0.05) is 30.4 Å². The summed E-state index contributed by atoms with van der Waals surface area (Å²) < 4.78 is 0. The largest absolute Gasteiger partial charge is 0.313 e. The number of hydrogen-bond acceptors (Lipinski definition) is 3. The molecule has 2 rings (SSSR count). The fourth-order valence-corrected chi connectivity index (χ4v) is 2.69. The Balaban J connectivity index is 2.05. The van der Waals surface area contributed by atoms with E-state index in [2.05, 4.69) is 33.0 Å². The summed E-state index contributed by atoms with van der Waals surface area (Å²) in [5.74, 6) is 1.52. The molecule has 1 aliphatic carbocycles. The van der Waals surface area contributed by atoms with Crippen molar-refractivity contribution >= 4 is 0 Å². The molecule has 0 saturated heterocycles. The van der Waals surface area contributed by atoms with E-state index in [1.165, 1.54) is 42.6 Å². The summed E-state index contributed by atoms with van der Waals surface area (Å²) in [6.45, 7) is 9.80. The first-order chi connectivity index (χ1) is 9.11. The summed E-state index contributed by atoms with van der Waals surface area (Å²) in [7, 11) is 0. The molecule has 3 heteroatoms. The van der Waals surface area contributed by atoms with Gasteiger partial charge in [0.2, 0.25) is 0 Å². The van der Waals surface area contributed by atoms with Crippen molar-refractivity contribution in [1.82, 2.24) is 15.3 Å². The number of unbranched alkanes of at least 4 members (excludes halogenated alkanes) is 1. The van der Waals surface area contributed by atoms with Crippen molar-refractivity contribution in [1.29, 1.82) is 0 Å². The van der Waals surface area contributed by atoms with Crippen LogP contribution in [0, 0.1) is 13.8 Å². The topological polar surface area (TPSA) is 37.8 Å². The Kier molecular flexibility index (Phi) is 4.92. The lowest BCUT2D eigenvalue weighted by Crippen LogP contribution is -2.23. The molecule has 0 radical (unpaired) electrons. The number of nitrogens with one attached hydrogen (secondary N) is 1. The molecule has 3 nitrogen and oxygen atoms in total. The average Bonchev–Trinajstić information content (AvgIpc) is 3.17. The first-order valence-corrected chi connectivity index (χ1v) is 7.69. The standard InChI is InChI=1S/C16H27N3/c1-5-6-7-15-18-12(3)16(13(4)19-15)11(2)10-17-14-8-9-14/h11,14,17H,5-10H2,1-4H3. The number of nitrogens with zero attached hydrogens (tertiary/aromatic N) is 2. The fraction of sp³-hybridized carbons (Fsp3) is 0.750. The summed E-state index contributed by atoms with van der Waals surface area (Å²) >= 11 is 0. The van der Waals surface area contributed by atoms with E-state index >= 15 is 0 Å². The van der Waals surface area contributed by atoms with Gasteiger partial charge in [0.05, 0.1) is 0 Å². The second kappa shape index (κ2) is 6.47. The summed E-state index contributed by atoms with van der Waals surface area (Å²) in [6, 6.07) is 0.771. The van der Waals surface area contributed by atoms with Gasteiger partial charge in [-0.25, -0.2) is 9.97 Å². The van der Waals surface area contributed by atoms with E-state index in [1.54, 1.807) is 0 Å². The van der Waals surface area contributed by atoms with Crippen molar-refractivity contribution in [3.63, 3.8) is 0 Å². The van der Waals surface area contributed by atoms with Crippen LogP contribution >= 0.6 is 0 Å². The minimum absolute atomic E-state index is 0.501. The lowest BCUT2D eigenvalue weighted by atomic mass is 9.97. The molecule has 1 aliphatic rings. The minimum Gasteiger partial charge on any atom is -0.313 e. The first-order valence-electron chi connectivity index (χ1n) is 7.69. The van der Waals surface area contributed by atoms with Crippen LogP contribution in [0.25, 0.3) is 0 Å². The van der Waals surface area contributed by atoms with Crippen LogP contribution in [0.5, 0.6) is 0 Å². The van der Waals surface area contributed by atoms with Crippen LogP contribution in [0.4, 0.5) is 0 Å². The van der Waals surface area contributed by atoms with Crippen molar-refractivity contribution in [2.24, 2.45) is 0 Å². The van der Waals surface area contributed by atoms with Crippen LogP contribution in [-0.4, -0.2) is 22.6 Å². The van der Waals surface area contributed by atoms with Gasteiger partial charge in [0.25, 0.3) is 0 Å². The predicted molar refractivity (Wildman–Crippen MR) is 79.6 cm³/mol. The summed E-state index contributed by atoms with van der Waals surface area (Å²) in [5, 5.41) is 3.60. The number of rotatable bonds is 7. The van der Waals surface area contributed by atoms with Gasteiger partial charge in [-0.05, 0) is 44.6 Å². The molecule has 1 fully saturated rings. The zero-order valence-corrected chi connectivity index (χ0v) is 12.8. The van der Waals surface area contributed by atoms with Crippen LogP contribution in [0.2, 0.25) is 0 Å². The highest BCUT2D eigenvalue weighted by atomic mass is 15.0. The van der Waals surface area contributed by atoms with E-state index < -0.39 is 0 Å². The second-order valence-corrected chi connectivity index (χ2v) is 5.91. The maximum atomic E-state index is 4.70. The highest BCUT2D eigenvalue weighted by Crippen LogP contribution is 2.24. The summed E-state index contributed by atoms with van der Waals surface area (Å²) in [5.41, 5.74) is 3.68. The van der Waals surface area contributed by atoms with Crippen molar-refractivity contribution in [3.05, 3.63) is 22.8 Å². The minimum atomic E-state index is 0.501. The highest BCUT2D eigenvalue weighted by Gasteiger charge is 2.22. The zero-order chi connectivity index (χ0) is 13.8. The third-order valence-corrected chi connectivity index (χ3v) is 3.91. The lowest BCUT2D eigenvalue weighted by Gasteiger charge is -2.18. The van der Waals surface area contributed by atoms with Gasteiger partial charge in [0.1, 0.15) is 5.82 Å². The molecule has 0 amide bonds. The molecule has 1 atom stereocenters. The third kappa shape index (κ3) is 4.00. The van der Waals surface area contributed by atoms with Crippen LogP contribution in [-0.2, 0) is 6.42 Å². The Morgan fingerprint density at radius 3 is 2.37 bits per heavy atom. The Bertz CT molecular complexity index is 401. The van der Waals surface area contributed by atoms with E-state index in [9.17, 15) is 0 Å². The van der Waals surface area contributed by atoms with Gasteiger partial charge >= 0.3 is 0 Å². The van der Waals surface area contributed by atoms with E-state index in [0.29, 0.717) is 5.92 Å². The molecule has 19 heavy (non-hydrogen) atoms. The number of aromatic nitrogens is 2. The first kappa shape index (κ1) is 14.4. The summed E-state index contributed by atoms with van der Waals surface area (Å²) in [4.78, 5) is 9.39. The summed E-state index contributed by atoms with van der Waals surface area (Å²) in [6.07, 6.45) is 6.07. The van der Waals surface area contributed by atoms with Crippen molar-refractivity contribution < 1.29 is 0 Å². The molecule has 1 heterocycles. The van der Waals surface area contributed by atoms with Gasteiger partial charge in [0.15, 0.2) is 0 Å². The Labute approximate surface area is 117 Å². The van der Waals surface area contributed by atoms with Crippen molar-refractivity contribution in [3.8, 4) is 0 Å². The second-order valence-electron chi connectivity index (χ2n) is 5.91. The van der Waals surface area contributed by atoms with Gasteiger partial charge in [-0.1, -0.05) is 20.3 Å². The van der Waals surface area contributed by atoms with Gasteiger partial charge in [-0.15, -0.1) is 0 Å². The van der Waals surface area contributed by atoms with Crippen LogP contribution in [0.1, 0.15) is 68.2 Å². The number of aryl methyl sites for hydroxylation is 3. The molecular weight excluding hydrogens is 234 g/mol. The van der Waals surface area contributed by atoms with E-state index in [1.807, 2.05) is 0 Å². The SMILES string of the molecule is CCCCc1nc(C)c(C(C)CNC2CC2)c(C)n1. The lowest BCUT2D eigenvalue weighted by molar-refractivity contribution is 0.600. The van der Waals surface area contributed by atoms with Crippen LogP contribution in [0.3, 0.4) is 0 Å². The molecule has 106 valence electrons. The average molecular weight is 261 g/mol. The normalized spacial score (nSPS) is 16.6. The Morgan fingerprint density at radius 2 is 1.84 bits per heavy atom. The molecule has 0 aromatic carbocycles. The number of hydrogen-bond donors (Lipinski definition) is 1. The van der Waals surface area contributed by atoms with Crippen molar-refractivity contribution in [2.75, 3.05) is 6.54 Å². The van der Waals surface area contributed by atoms with Crippen molar-refractivity contribution in [2.45, 2.75) is 71.8 Å². The Morgan fingerprint density at radius 1 is 1.21 bits per heavy atom. The van der Waals surface area contributed by atoms with Crippen LogP contribution < -0.4 is 5.32 Å². The van der Waals surface area contributed by atoms with Gasteiger partial charge in [-0.2, -0.15) is 0 Å². The predicted octanol–water partition coefficient (Wildman–Crippen LogP) is 3.29. The van der Waals surface area contributed by atoms with Gasteiger partial charge < -0.3 is 5.32 Å².